The smallest absolute Gasteiger partial charge is 0.227 e. The van der Waals surface area contributed by atoms with Crippen molar-refractivity contribution in [3.8, 4) is 5.75 Å². The maximum atomic E-state index is 12.9. The van der Waals surface area contributed by atoms with E-state index >= 15 is 0 Å². The van der Waals surface area contributed by atoms with E-state index in [1.165, 1.54) is 24.8 Å². The molecule has 0 saturated carbocycles. The Balaban J connectivity index is 1.37. The minimum absolute atomic E-state index is 0.194. The molecule has 0 unspecified atom stereocenters. The van der Waals surface area contributed by atoms with Crippen LogP contribution in [-0.4, -0.2) is 55.5 Å². The predicted octanol–water partition coefficient (Wildman–Crippen LogP) is 5.23. The van der Waals surface area contributed by atoms with Crippen LogP contribution >= 0.6 is 11.6 Å². The van der Waals surface area contributed by atoms with Crippen LogP contribution in [0.5, 0.6) is 5.75 Å². The highest BCUT2D eigenvalue weighted by molar-refractivity contribution is 6.31. The summed E-state index contributed by atoms with van der Waals surface area (Å²) in [7, 11) is 2.21. The van der Waals surface area contributed by atoms with Crippen molar-refractivity contribution in [2.75, 3.05) is 39.8 Å². The van der Waals surface area contributed by atoms with Crippen LogP contribution in [0.25, 0.3) is 0 Å². The number of hydrogen-bond donors (Lipinski definition) is 0. The molecule has 4 rings (SSSR count). The Morgan fingerprint density at radius 1 is 1.00 bits per heavy atom. The zero-order valence-corrected chi connectivity index (χ0v) is 19.9. The molecule has 0 bridgehead atoms. The molecule has 0 aromatic heterocycles. The fourth-order valence-corrected chi connectivity index (χ4v) is 5.47. The molecule has 1 amide bonds. The van der Waals surface area contributed by atoms with Crippen molar-refractivity contribution in [1.29, 1.82) is 0 Å². The zero-order valence-electron chi connectivity index (χ0n) is 19.2. The zero-order chi connectivity index (χ0) is 22.4. The lowest BCUT2D eigenvalue weighted by molar-refractivity contribution is -0.133. The lowest BCUT2D eigenvalue weighted by Gasteiger charge is -2.44. The topological polar surface area (TPSA) is 32.8 Å². The summed E-state index contributed by atoms with van der Waals surface area (Å²) in [5.41, 5.74) is 2.53. The van der Waals surface area contributed by atoms with Gasteiger partial charge in [0.15, 0.2) is 0 Å². The highest BCUT2D eigenvalue weighted by Gasteiger charge is 2.36. The first-order valence-electron chi connectivity index (χ1n) is 12.0. The van der Waals surface area contributed by atoms with Crippen LogP contribution in [-0.2, 0) is 17.6 Å². The van der Waals surface area contributed by atoms with Gasteiger partial charge >= 0.3 is 0 Å². The number of para-hydroxylation sites is 1. The van der Waals surface area contributed by atoms with Crippen molar-refractivity contribution < 1.29 is 9.53 Å². The molecular formula is C27H35ClN2O2. The number of ether oxygens (including phenoxy) is 1. The van der Waals surface area contributed by atoms with Crippen LogP contribution in [0.2, 0.25) is 5.02 Å². The number of likely N-dealkylation sites (tertiary alicyclic amines) is 1. The van der Waals surface area contributed by atoms with Crippen molar-refractivity contribution in [3.05, 3.63) is 64.7 Å². The first-order valence-corrected chi connectivity index (χ1v) is 12.3. The molecule has 2 heterocycles. The van der Waals surface area contributed by atoms with E-state index in [0.717, 1.165) is 56.8 Å². The summed E-state index contributed by atoms with van der Waals surface area (Å²) in [4.78, 5) is 17.4. The number of nitrogens with zero attached hydrogens (tertiary/aromatic N) is 2. The Morgan fingerprint density at radius 2 is 1.75 bits per heavy atom. The van der Waals surface area contributed by atoms with E-state index in [1.807, 2.05) is 29.2 Å². The van der Waals surface area contributed by atoms with Crippen LogP contribution in [0.1, 0.15) is 43.2 Å². The molecule has 2 aliphatic rings. The maximum absolute atomic E-state index is 12.9. The molecule has 2 aromatic carbocycles. The monoisotopic (exact) mass is 454 g/mol. The van der Waals surface area contributed by atoms with Crippen LogP contribution in [0.4, 0.5) is 0 Å². The first kappa shape index (κ1) is 23.1. The van der Waals surface area contributed by atoms with Gasteiger partial charge in [-0.15, -0.1) is 0 Å². The van der Waals surface area contributed by atoms with Gasteiger partial charge in [-0.25, -0.2) is 0 Å². The molecule has 4 nitrogen and oxygen atoms in total. The van der Waals surface area contributed by atoms with Gasteiger partial charge in [0.05, 0.1) is 6.42 Å². The summed E-state index contributed by atoms with van der Waals surface area (Å²) >= 11 is 6.27. The fourth-order valence-electron chi connectivity index (χ4n) is 5.26. The Morgan fingerprint density at radius 3 is 2.56 bits per heavy atom. The number of rotatable bonds is 2. The van der Waals surface area contributed by atoms with Crippen molar-refractivity contribution in [1.82, 2.24) is 9.80 Å². The summed E-state index contributed by atoms with van der Waals surface area (Å²) in [5, 5.41) is 0.680. The van der Waals surface area contributed by atoms with Crippen molar-refractivity contribution in [2.24, 2.45) is 5.41 Å². The molecule has 2 aromatic rings. The summed E-state index contributed by atoms with van der Waals surface area (Å²) in [5.74, 6) is 1.24. The molecular weight excluding hydrogens is 420 g/mol. The standard InChI is InChI=1S/C27H35ClN2O2/c1-29-18-19-32-25-12-5-3-8-22(25)9-6-7-13-27(21-29)14-16-30(17-15-27)26(31)20-23-10-2-4-11-24(23)28/h2-5,8,10-12H,6-7,9,13-21H2,1H3. The third-order valence-corrected chi connectivity index (χ3v) is 7.56. The van der Waals surface area contributed by atoms with Gasteiger partial charge in [-0.1, -0.05) is 54.4 Å². The van der Waals surface area contributed by atoms with Gasteiger partial charge in [0.25, 0.3) is 0 Å². The third kappa shape index (κ3) is 5.85. The number of hydrogen-bond acceptors (Lipinski definition) is 3. The van der Waals surface area contributed by atoms with Crippen molar-refractivity contribution in [2.45, 2.75) is 44.9 Å². The molecule has 0 atom stereocenters. The predicted molar refractivity (Wildman–Crippen MR) is 130 cm³/mol. The van der Waals surface area contributed by atoms with E-state index in [4.69, 9.17) is 16.3 Å². The molecule has 0 N–H and O–H groups in total. The van der Waals surface area contributed by atoms with Crippen LogP contribution in [0.3, 0.4) is 0 Å². The number of halogens is 1. The number of likely N-dealkylation sites (N-methyl/N-ethyl adjacent to an activating group) is 1. The summed E-state index contributed by atoms with van der Waals surface area (Å²) in [6.45, 7) is 4.40. The van der Waals surface area contributed by atoms with E-state index in [2.05, 4.69) is 36.2 Å². The molecule has 2 aliphatic heterocycles. The van der Waals surface area contributed by atoms with Crippen molar-refractivity contribution in [3.63, 3.8) is 0 Å². The molecule has 1 fully saturated rings. The van der Waals surface area contributed by atoms with Gasteiger partial charge in [0.1, 0.15) is 12.4 Å². The second-order valence-electron chi connectivity index (χ2n) is 9.55. The van der Waals surface area contributed by atoms with Gasteiger partial charge in [-0.2, -0.15) is 0 Å². The highest BCUT2D eigenvalue weighted by atomic mass is 35.5. The Labute approximate surface area is 197 Å². The largest absolute Gasteiger partial charge is 0.492 e. The number of fused-ring (bicyclic) bond motifs is 1. The normalized spacial score (nSPS) is 20.0. The molecule has 5 heteroatoms. The number of carbonyl (C=O) groups excluding carboxylic acids is 1. The molecule has 1 saturated heterocycles. The summed E-state index contributed by atoms with van der Waals surface area (Å²) < 4.78 is 6.12. The van der Waals surface area contributed by atoms with E-state index in [9.17, 15) is 4.79 Å². The molecule has 32 heavy (non-hydrogen) atoms. The molecule has 172 valence electrons. The lowest BCUT2D eigenvalue weighted by atomic mass is 9.73. The second kappa shape index (κ2) is 10.7. The average Bonchev–Trinajstić information content (AvgIpc) is 2.79. The SMILES string of the molecule is CN1CCOc2ccccc2CCCCC2(CCN(C(=O)Cc3ccccc3Cl)CC2)C1. The quantitative estimate of drug-likeness (QED) is 0.623. The van der Waals surface area contributed by atoms with E-state index in [-0.39, 0.29) is 11.3 Å². The summed E-state index contributed by atoms with van der Waals surface area (Å²) in [6, 6.07) is 16.1. The van der Waals surface area contributed by atoms with Gasteiger partial charge < -0.3 is 14.5 Å². The molecule has 1 spiro atoms. The number of amides is 1. The first-order chi connectivity index (χ1) is 15.5. The Kier molecular flexibility index (Phi) is 7.75. The maximum Gasteiger partial charge on any atom is 0.227 e. The fraction of sp³-hybridized carbons (Fsp3) is 0.519. The number of aryl methyl sites for hydroxylation is 1. The molecule has 0 aliphatic carbocycles. The summed E-state index contributed by atoms with van der Waals surface area (Å²) in [6.07, 6.45) is 7.24. The number of piperidine rings is 1. The van der Waals surface area contributed by atoms with E-state index in [1.54, 1.807) is 0 Å². The number of benzene rings is 2. The average molecular weight is 455 g/mol. The Bertz CT molecular complexity index is 908. The van der Waals surface area contributed by atoms with Gasteiger partial charge in [0.2, 0.25) is 5.91 Å². The van der Waals surface area contributed by atoms with Crippen LogP contribution < -0.4 is 4.74 Å². The van der Waals surface area contributed by atoms with Crippen molar-refractivity contribution >= 4 is 17.5 Å². The lowest BCUT2D eigenvalue weighted by Crippen LogP contribution is -2.48. The third-order valence-electron chi connectivity index (χ3n) is 7.19. The van der Waals surface area contributed by atoms with Gasteiger partial charge in [-0.05, 0) is 67.8 Å². The van der Waals surface area contributed by atoms with Gasteiger partial charge in [0, 0.05) is 31.2 Å². The highest BCUT2D eigenvalue weighted by Crippen LogP contribution is 2.38. The van der Waals surface area contributed by atoms with Crippen LogP contribution in [0.15, 0.2) is 48.5 Å². The minimum atomic E-state index is 0.194. The van der Waals surface area contributed by atoms with Crippen LogP contribution in [0, 0.1) is 5.41 Å². The van der Waals surface area contributed by atoms with E-state index in [0.29, 0.717) is 18.1 Å². The number of carbonyl (C=O) groups is 1. The second-order valence-corrected chi connectivity index (χ2v) is 9.96. The molecule has 0 radical (unpaired) electrons. The Hall–Kier alpha value is -2.04. The van der Waals surface area contributed by atoms with Gasteiger partial charge in [-0.3, -0.25) is 4.79 Å². The van der Waals surface area contributed by atoms with E-state index < -0.39 is 0 Å². The minimum Gasteiger partial charge on any atom is -0.492 e.